The molecule has 0 atom stereocenters. The van der Waals surface area contributed by atoms with Crippen LogP contribution in [-0.2, 0) is 5.41 Å². The van der Waals surface area contributed by atoms with E-state index in [-0.39, 0.29) is 5.41 Å². The van der Waals surface area contributed by atoms with Crippen LogP contribution in [0.25, 0.3) is 111 Å². The predicted molar refractivity (Wildman–Crippen MR) is 317 cm³/mol. The maximum absolute atomic E-state index is 5.61. The van der Waals surface area contributed by atoms with Crippen molar-refractivity contribution in [2.45, 2.75) is 19.3 Å². The lowest BCUT2D eigenvalue weighted by atomic mass is 9.82. The molecule has 0 unspecified atom stereocenters. The lowest BCUT2D eigenvalue weighted by Gasteiger charge is -2.28. The van der Waals surface area contributed by atoms with Gasteiger partial charge < -0.3 is 9.13 Å². The molecular formula is C71H49N5. The number of rotatable bonds is 8. The summed E-state index contributed by atoms with van der Waals surface area (Å²) in [5.74, 6) is 0.611. The number of anilines is 3. The zero-order valence-electron chi connectivity index (χ0n) is 42.1. The van der Waals surface area contributed by atoms with Crippen LogP contribution < -0.4 is 4.90 Å². The van der Waals surface area contributed by atoms with Gasteiger partial charge in [-0.15, -0.1) is 0 Å². The summed E-state index contributed by atoms with van der Waals surface area (Å²) < 4.78 is 4.77. The first-order chi connectivity index (χ1) is 37.5. The zero-order chi connectivity index (χ0) is 50.5. The number of para-hydroxylation sites is 4. The quantitative estimate of drug-likeness (QED) is 0.152. The summed E-state index contributed by atoms with van der Waals surface area (Å²) in [4.78, 5) is 13.3. The fourth-order valence-electron chi connectivity index (χ4n) is 12.3. The van der Waals surface area contributed by atoms with Gasteiger partial charge >= 0.3 is 0 Å². The van der Waals surface area contributed by atoms with E-state index in [0.717, 1.165) is 61.5 Å². The molecule has 76 heavy (non-hydrogen) atoms. The number of benzene rings is 11. The number of hydrogen-bond acceptors (Lipinski definition) is 3. The number of aromatic nitrogens is 4. The van der Waals surface area contributed by atoms with Gasteiger partial charge in [0.25, 0.3) is 0 Å². The molecule has 15 rings (SSSR count). The standard InChI is InChI=1S/C71H49N5/c1-71(2)60-26-13-9-24-56(60)68-61(71)27-17-31-67(68)76(53-38-32-47(33-39-53)46-18-5-3-6-19-46)70-72-62-28-14-10-25-57(62)69(73-70)48-34-40-52(41-35-48)75-64-30-16-12-23-55(64)59-45-50(37-43-66(59)75)49-36-42-65-58(44-49)54-22-11-15-29-63(54)74(65)51-20-7-4-8-21-51/h3-45H,1-2H3. The molecule has 1 aliphatic rings. The van der Waals surface area contributed by atoms with Crippen LogP contribution in [0.4, 0.5) is 17.3 Å². The molecule has 3 aromatic heterocycles. The van der Waals surface area contributed by atoms with Crippen molar-refractivity contribution in [2.75, 3.05) is 4.90 Å². The van der Waals surface area contributed by atoms with Crippen molar-refractivity contribution in [3.63, 3.8) is 0 Å². The van der Waals surface area contributed by atoms with Gasteiger partial charge in [-0.3, -0.25) is 4.90 Å². The Morgan fingerprint density at radius 1 is 0.355 bits per heavy atom. The van der Waals surface area contributed by atoms with Gasteiger partial charge in [-0.05, 0) is 124 Å². The van der Waals surface area contributed by atoms with Crippen molar-refractivity contribution in [3.8, 4) is 56.0 Å². The van der Waals surface area contributed by atoms with Gasteiger partial charge in [0.1, 0.15) is 0 Å². The van der Waals surface area contributed by atoms with Gasteiger partial charge in [-0.25, -0.2) is 9.97 Å². The van der Waals surface area contributed by atoms with Crippen LogP contribution in [0, 0.1) is 0 Å². The predicted octanol–water partition coefficient (Wildman–Crippen LogP) is 18.6. The molecule has 14 aromatic rings. The molecule has 5 nitrogen and oxygen atoms in total. The topological polar surface area (TPSA) is 38.9 Å². The van der Waals surface area contributed by atoms with Gasteiger partial charge in [-0.2, -0.15) is 0 Å². The number of fused-ring (bicyclic) bond motifs is 10. The molecule has 0 saturated carbocycles. The minimum atomic E-state index is -0.179. The summed E-state index contributed by atoms with van der Waals surface area (Å²) in [5, 5.41) is 5.91. The molecule has 1 aliphatic carbocycles. The third-order valence-corrected chi connectivity index (χ3v) is 15.9. The normalized spacial score (nSPS) is 12.7. The summed E-state index contributed by atoms with van der Waals surface area (Å²) in [6.45, 7) is 4.67. The first kappa shape index (κ1) is 43.7. The Hall–Kier alpha value is -9.84. The molecule has 11 aromatic carbocycles. The van der Waals surface area contributed by atoms with Crippen molar-refractivity contribution in [1.29, 1.82) is 0 Å². The second kappa shape index (κ2) is 17.1. The molecule has 0 radical (unpaired) electrons. The van der Waals surface area contributed by atoms with E-state index in [1.54, 1.807) is 0 Å². The largest absolute Gasteiger partial charge is 0.309 e. The van der Waals surface area contributed by atoms with Crippen molar-refractivity contribution in [2.24, 2.45) is 0 Å². The molecule has 0 saturated heterocycles. The van der Waals surface area contributed by atoms with E-state index in [2.05, 4.69) is 289 Å². The second-order valence-corrected chi connectivity index (χ2v) is 20.6. The Balaban J connectivity index is 0.849. The van der Waals surface area contributed by atoms with Gasteiger partial charge in [0.15, 0.2) is 0 Å². The molecule has 3 heterocycles. The lowest BCUT2D eigenvalue weighted by Crippen LogP contribution is -2.17. The van der Waals surface area contributed by atoms with Crippen molar-refractivity contribution in [1.82, 2.24) is 19.1 Å². The van der Waals surface area contributed by atoms with Crippen LogP contribution in [0.3, 0.4) is 0 Å². The van der Waals surface area contributed by atoms with E-state index in [1.807, 2.05) is 0 Å². The highest BCUT2D eigenvalue weighted by Crippen LogP contribution is 2.54. The highest BCUT2D eigenvalue weighted by molar-refractivity contribution is 6.13. The highest BCUT2D eigenvalue weighted by Gasteiger charge is 2.38. The third-order valence-electron chi connectivity index (χ3n) is 15.9. The van der Waals surface area contributed by atoms with Crippen molar-refractivity contribution < 1.29 is 0 Å². The molecule has 0 N–H and O–H groups in total. The Morgan fingerprint density at radius 3 is 1.53 bits per heavy atom. The summed E-state index contributed by atoms with van der Waals surface area (Å²) >= 11 is 0. The maximum Gasteiger partial charge on any atom is 0.235 e. The smallest absolute Gasteiger partial charge is 0.235 e. The molecule has 358 valence electrons. The Bertz CT molecular complexity index is 4590. The van der Waals surface area contributed by atoms with Crippen LogP contribution in [-0.4, -0.2) is 19.1 Å². The molecule has 0 bridgehead atoms. The average Bonchev–Trinajstić information content (AvgIpc) is 4.18. The van der Waals surface area contributed by atoms with E-state index in [4.69, 9.17) is 9.97 Å². The Morgan fingerprint density at radius 2 is 0.855 bits per heavy atom. The summed E-state index contributed by atoms with van der Waals surface area (Å²) in [7, 11) is 0. The number of hydrogen-bond donors (Lipinski definition) is 0. The summed E-state index contributed by atoms with van der Waals surface area (Å²) in [6.07, 6.45) is 0. The van der Waals surface area contributed by atoms with E-state index < -0.39 is 0 Å². The summed E-state index contributed by atoms with van der Waals surface area (Å²) in [6, 6.07) is 94.3. The van der Waals surface area contributed by atoms with Gasteiger partial charge in [-0.1, -0.05) is 190 Å². The van der Waals surface area contributed by atoms with E-state index in [9.17, 15) is 0 Å². The third kappa shape index (κ3) is 6.79. The monoisotopic (exact) mass is 971 g/mol. The molecular weight excluding hydrogens is 923 g/mol. The first-order valence-electron chi connectivity index (χ1n) is 26.2. The van der Waals surface area contributed by atoms with Crippen LogP contribution in [0.15, 0.2) is 261 Å². The number of nitrogens with zero attached hydrogens (tertiary/aromatic N) is 5. The highest BCUT2D eigenvalue weighted by atomic mass is 15.3. The molecule has 5 heteroatoms. The lowest BCUT2D eigenvalue weighted by molar-refractivity contribution is 0.660. The first-order valence-corrected chi connectivity index (χ1v) is 26.2. The SMILES string of the molecule is CC1(C)c2ccccc2-c2c(N(c3ccc(-c4ccccc4)cc3)c3nc(-c4ccc(-n5c6ccccc6c6cc(-c7ccc8c(c7)c7ccccc7n8-c7ccccc7)ccc65)cc4)c4ccccc4n3)cccc21. The molecule has 0 aliphatic heterocycles. The van der Waals surface area contributed by atoms with Gasteiger partial charge in [0.05, 0.1) is 39.0 Å². The Kier molecular flexibility index (Phi) is 9.85. The minimum Gasteiger partial charge on any atom is -0.309 e. The average molecular weight is 972 g/mol. The van der Waals surface area contributed by atoms with Crippen LogP contribution >= 0.6 is 0 Å². The molecule has 0 fully saturated rings. The van der Waals surface area contributed by atoms with Crippen molar-refractivity contribution >= 4 is 71.8 Å². The fraction of sp³-hybridized carbons (Fsp3) is 0.0423. The van der Waals surface area contributed by atoms with Crippen LogP contribution in [0.5, 0.6) is 0 Å². The fourth-order valence-corrected chi connectivity index (χ4v) is 12.3. The molecule has 0 amide bonds. The van der Waals surface area contributed by atoms with Gasteiger partial charge in [0, 0.05) is 60.5 Å². The van der Waals surface area contributed by atoms with Crippen molar-refractivity contribution in [3.05, 3.63) is 272 Å². The van der Waals surface area contributed by atoms with Gasteiger partial charge in [0.2, 0.25) is 5.95 Å². The second-order valence-electron chi connectivity index (χ2n) is 20.6. The molecule has 0 spiro atoms. The summed E-state index contributed by atoms with van der Waals surface area (Å²) in [5.41, 5.74) is 21.4. The van der Waals surface area contributed by atoms with E-state index in [0.29, 0.717) is 5.95 Å². The van der Waals surface area contributed by atoms with E-state index in [1.165, 1.54) is 71.5 Å². The minimum absolute atomic E-state index is 0.179. The van der Waals surface area contributed by atoms with E-state index >= 15 is 0 Å². The maximum atomic E-state index is 5.61. The Labute approximate surface area is 440 Å². The van der Waals surface area contributed by atoms with Crippen LogP contribution in [0.1, 0.15) is 25.0 Å². The zero-order valence-corrected chi connectivity index (χ0v) is 42.1. The van der Waals surface area contributed by atoms with Crippen LogP contribution in [0.2, 0.25) is 0 Å².